The van der Waals surface area contributed by atoms with Crippen LogP contribution in [0, 0.1) is 12.7 Å². The smallest absolute Gasteiger partial charge is 0.275 e. The van der Waals surface area contributed by atoms with Gasteiger partial charge in [0.05, 0.1) is 23.8 Å². The fourth-order valence-corrected chi connectivity index (χ4v) is 3.25. The monoisotopic (exact) mass is 369 g/mol. The number of nitrogens with one attached hydrogen (secondary N) is 2. The number of hydrogen-bond acceptors (Lipinski definition) is 6. The van der Waals surface area contributed by atoms with Gasteiger partial charge in [-0.3, -0.25) is 4.79 Å². The Kier molecular flexibility index (Phi) is 4.44. The van der Waals surface area contributed by atoms with Gasteiger partial charge in [0.25, 0.3) is 5.91 Å². The van der Waals surface area contributed by atoms with E-state index in [1.165, 1.54) is 12.3 Å². The first-order valence-corrected chi connectivity index (χ1v) is 8.74. The second-order valence-corrected chi connectivity index (χ2v) is 6.62. The number of amides is 1. The molecule has 1 fully saturated rings. The Labute approximate surface area is 155 Å². The van der Waals surface area contributed by atoms with E-state index in [4.69, 9.17) is 0 Å². The maximum absolute atomic E-state index is 14.1. The third kappa shape index (κ3) is 3.45. The summed E-state index contributed by atoms with van der Waals surface area (Å²) < 4.78 is 15.7. The molecular weight excluding hydrogens is 349 g/mol. The molecule has 1 atom stereocenters. The predicted octanol–water partition coefficient (Wildman–Crippen LogP) is 1.62. The summed E-state index contributed by atoms with van der Waals surface area (Å²) in [6.45, 7) is 3.54. The zero-order chi connectivity index (χ0) is 19.0. The van der Waals surface area contributed by atoms with Crippen LogP contribution in [-0.4, -0.2) is 51.4 Å². The van der Waals surface area contributed by atoms with Crippen molar-refractivity contribution in [1.29, 1.82) is 0 Å². The number of hydrogen-bond donors (Lipinski definition) is 2. The highest BCUT2D eigenvalue weighted by Crippen LogP contribution is 2.18. The lowest BCUT2D eigenvalue weighted by atomic mass is 10.3. The van der Waals surface area contributed by atoms with Crippen molar-refractivity contribution >= 4 is 23.1 Å². The summed E-state index contributed by atoms with van der Waals surface area (Å²) in [7, 11) is 1.94. The van der Waals surface area contributed by atoms with Gasteiger partial charge < -0.3 is 19.9 Å². The molecule has 9 heteroatoms. The minimum absolute atomic E-state index is 0.172. The van der Waals surface area contributed by atoms with Crippen molar-refractivity contribution in [2.45, 2.75) is 19.4 Å². The normalized spacial score (nSPS) is 16.9. The van der Waals surface area contributed by atoms with E-state index >= 15 is 0 Å². The molecule has 0 saturated carbocycles. The Hall–Kier alpha value is -3.07. The van der Waals surface area contributed by atoms with Gasteiger partial charge in [-0.25, -0.2) is 19.3 Å². The fraction of sp³-hybridized carbons (Fsp3) is 0.333. The Morgan fingerprint density at radius 2 is 2.15 bits per heavy atom. The standard InChI is InChI=1S/C18H20FN7O/c1-11-8-26-10-13(5-14(19)17(26)23-11)24-18(27)15-6-22-16(7-21-15)25-4-3-12(9-25)20-2/h5-8,10,12,20H,3-4,9H2,1-2H3,(H,24,27)/t12-/m1/s1. The number of anilines is 2. The van der Waals surface area contributed by atoms with Crippen LogP contribution in [0.2, 0.25) is 0 Å². The maximum atomic E-state index is 14.1. The lowest BCUT2D eigenvalue weighted by molar-refractivity contribution is 0.102. The molecule has 1 amide bonds. The number of pyridine rings is 1. The van der Waals surface area contributed by atoms with E-state index in [0.717, 1.165) is 25.3 Å². The molecule has 1 saturated heterocycles. The van der Waals surface area contributed by atoms with Gasteiger partial charge in [-0.15, -0.1) is 0 Å². The molecule has 1 aliphatic rings. The van der Waals surface area contributed by atoms with E-state index in [-0.39, 0.29) is 11.3 Å². The molecule has 3 aromatic heterocycles. The molecule has 0 aromatic carbocycles. The minimum atomic E-state index is -0.504. The largest absolute Gasteiger partial charge is 0.354 e. The molecule has 0 unspecified atom stereocenters. The highest BCUT2D eigenvalue weighted by molar-refractivity contribution is 6.02. The van der Waals surface area contributed by atoms with E-state index in [0.29, 0.717) is 17.4 Å². The Balaban J connectivity index is 1.48. The molecule has 2 N–H and O–H groups in total. The molecule has 3 aromatic rings. The van der Waals surface area contributed by atoms with Crippen LogP contribution in [0.3, 0.4) is 0 Å². The quantitative estimate of drug-likeness (QED) is 0.727. The second-order valence-electron chi connectivity index (χ2n) is 6.62. The lowest BCUT2D eigenvalue weighted by Gasteiger charge is -2.17. The van der Waals surface area contributed by atoms with Gasteiger partial charge in [0.1, 0.15) is 11.5 Å². The van der Waals surface area contributed by atoms with Gasteiger partial charge >= 0.3 is 0 Å². The molecule has 4 rings (SSSR count). The lowest BCUT2D eigenvalue weighted by Crippen LogP contribution is -2.30. The molecule has 1 aliphatic heterocycles. The number of halogens is 1. The topological polar surface area (TPSA) is 87.5 Å². The van der Waals surface area contributed by atoms with E-state index < -0.39 is 11.7 Å². The number of aromatic nitrogens is 4. The summed E-state index contributed by atoms with van der Waals surface area (Å²) in [6.07, 6.45) is 7.38. The van der Waals surface area contributed by atoms with Crippen molar-refractivity contribution in [3.05, 3.63) is 48.1 Å². The van der Waals surface area contributed by atoms with Crippen molar-refractivity contribution in [2.24, 2.45) is 0 Å². The van der Waals surface area contributed by atoms with Crippen molar-refractivity contribution < 1.29 is 9.18 Å². The Morgan fingerprint density at radius 3 is 2.85 bits per heavy atom. The average molecular weight is 369 g/mol. The number of likely N-dealkylation sites (N-methyl/N-ethyl adjacent to an activating group) is 1. The summed E-state index contributed by atoms with van der Waals surface area (Å²) in [5.41, 5.74) is 1.41. The first kappa shape index (κ1) is 17.3. The van der Waals surface area contributed by atoms with Gasteiger partial charge in [-0.1, -0.05) is 0 Å². The third-order valence-corrected chi connectivity index (χ3v) is 4.68. The summed E-state index contributed by atoms with van der Waals surface area (Å²) in [5, 5.41) is 5.90. The SMILES string of the molecule is CN[C@@H]1CCN(c2cnc(C(=O)Nc3cc(F)c4nc(C)cn4c3)cn2)C1. The van der Waals surface area contributed by atoms with Gasteiger partial charge in [0.2, 0.25) is 0 Å². The highest BCUT2D eigenvalue weighted by atomic mass is 19.1. The van der Waals surface area contributed by atoms with Gasteiger partial charge in [0, 0.05) is 37.6 Å². The van der Waals surface area contributed by atoms with Gasteiger partial charge in [-0.05, 0) is 20.4 Å². The minimum Gasteiger partial charge on any atom is -0.354 e. The fourth-order valence-electron chi connectivity index (χ4n) is 3.25. The van der Waals surface area contributed by atoms with Gasteiger partial charge in [0.15, 0.2) is 11.5 Å². The third-order valence-electron chi connectivity index (χ3n) is 4.68. The van der Waals surface area contributed by atoms with Gasteiger partial charge in [-0.2, -0.15) is 0 Å². The Morgan fingerprint density at radius 1 is 1.30 bits per heavy atom. The van der Waals surface area contributed by atoms with E-state index in [9.17, 15) is 9.18 Å². The van der Waals surface area contributed by atoms with Crippen LogP contribution in [-0.2, 0) is 0 Å². The number of nitrogens with zero attached hydrogens (tertiary/aromatic N) is 5. The van der Waals surface area contributed by atoms with Crippen LogP contribution in [0.4, 0.5) is 15.9 Å². The van der Waals surface area contributed by atoms with Crippen LogP contribution in [0.5, 0.6) is 0 Å². The zero-order valence-electron chi connectivity index (χ0n) is 15.1. The van der Waals surface area contributed by atoms with Crippen LogP contribution in [0.1, 0.15) is 22.6 Å². The second kappa shape index (κ2) is 6.92. The molecule has 0 aliphatic carbocycles. The summed E-state index contributed by atoms with van der Waals surface area (Å²) in [5.74, 6) is -0.208. The molecule has 140 valence electrons. The number of aryl methyl sites for hydroxylation is 1. The van der Waals surface area contributed by atoms with E-state index in [1.54, 1.807) is 29.9 Å². The molecule has 4 heterocycles. The van der Waals surface area contributed by atoms with Crippen molar-refractivity contribution in [2.75, 3.05) is 30.4 Å². The highest BCUT2D eigenvalue weighted by Gasteiger charge is 2.22. The molecule has 0 spiro atoms. The number of imidazole rings is 1. The van der Waals surface area contributed by atoms with E-state index in [2.05, 4.69) is 30.5 Å². The van der Waals surface area contributed by atoms with Crippen molar-refractivity contribution in [3.8, 4) is 0 Å². The summed E-state index contributed by atoms with van der Waals surface area (Å²) in [4.78, 5) is 27.2. The summed E-state index contributed by atoms with van der Waals surface area (Å²) >= 11 is 0. The Bertz CT molecular complexity index is 985. The van der Waals surface area contributed by atoms with Crippen molar-refractivity contribution in [1.82, 2.24) is 24.7 Å². The average Bonchev–Trinajstić information content (AvgIpc) is 3.28. The molecule has 27 heavy (non-hydrogen) atoms. The predicted molar refractivity (Wildman–Crippen MR) is 99.5 cm³/mol. The first-order valence-electron chi connectivity index (χ1n) is 8.74. The molecule has 0 bridgehead atoms. The summed E-state index contributed by atoms with van der Waals surface area (Å²) in [6, 6.07) is 1.68. The van der Waals surface area contributed by atoms with Crippen LogP contribution in [0.25, 0.3) is 5.65 Å². The van der Waals surface area contributed by atoms with Crippen LogP contribution in [0.15, 0.2) is 30.9 Å². The number of fused-ring (bicyclic) bond motifs is 1. The molecule has 8 nitrogen and oxygen atoms in total. The van der Waals surface area contributed by atoms with Crippen molar-refractivity contribution in [3.63, 3.8) is 0 Å². The number of rotatable bonds is 4. The zero-order valence-corrected chi connectivity index (χ0v) is 15.1. The molecular formula is C18H20FN7O. The number of carbonyl (C=O) groups is 1. The van der Waals surface area contributed by atoms with Crippen LogP contribution >= 0.6 is 0 Å². The van der Waals surface area contributed by atoms with Crippen LogP contribution < -0.4 is 15.5 Å². The molecule has 0 radical (unpaired) electrons. The number of carbonyl (C=O) groups excluding carboxylic acids is 1. The first-order chi connectivity index (χ1) is 13.0. The van der Waals surface area contributed by atoms with E-state index in [1.807, 2.05) is 7.05 Å². The maximum Gasteiger partial charge on any atom is 0.275 e.